The zero-order valence-electron chi connectivity index (χ0n) is 69.2. The summed E-state index contributed by atoms with van der Waals surface area (Å²) in [5.41, 5.74) is 14.6. The van der Waals surface area contributed by atoms with E-state index in [1.165, 1.54) is 12.1 Å². The number of H-pyrrole nitrogens is 2. The van der Waals surface area contributed by atoms with E-state index in [4.69, 9.17) is 230 Å². The number of aromatic nitrogens is 8. The van der Waals surface area contributed by atoms with Gasteiger partial charge in [-0.3, -0.25) is 24.6 Å². The molecular weight excluding hydrogens is 2010 g/mol. The van der Waals surface area contributed by atoms with Crippen LogP contribution in [0.2, 0.25) is 80.6 Å². The summed E-state index contributed by atoms with van der Waals surface area (Å²) in [7, 11) is 0. The van der Waals surface area contributed by atoms with Crippen LogP contribution in [0.25, 0.3) is 0 Å². The highest BCUT2D eigenvalue weighted by Gasteiger charge is 2.31. The minimum Gasteiger partial charge on any atom is -0.438 e. The summed E-state index contributed by atoms with van der Waals surface area (Å²) in [6, 6.07) is 35.2. The second kappa shape index (κ2) is 49.5. The van der Waals surface area contributed by atoms with Crippen molar-refractivity contribution in [1.82, 2.24) is 57.1 Å². The zero-order valence-corrected chi connectivity index (χ0v) is 82.1. The summed E-state index contributed by atoms with van der Waals surface area (Å²) in [6.07, 6.45) is 4.13. The smallest absolute Gasteiger partial charge is 0.267 e. The number of halogens is 17. The Morgan fingerprint density at radius 3 is 1.02 bits per heavy atom. The van der Waals surface area contributed by atoms with Gasteiger partial charge in [0.05, 0.1) is 82.2 Å². The van der Waals surface area contributed by atoms with E-state index < -0.39 is 0 Å². The second-order valence-electron chi connectivity index (χ2n) is 28.4. The highest BCUT2D eigenvalue weighted by molar-refractivity contribution is 6.41. The third kappa shape index (κ3) is 32.1. The Hall–Kier alpha value is -8.78. The Balaban J connectivity index is 0.000000185. The van der Waals surface area contributed by atoms with E-state index in [9.17, 15) is 19.2 Å². The van der Waals surface area contributed by atoms with Gasteiger partial charge >= 0.3 is 0 Å². The van der Waals surface area contributed by atoms with Crippen LogP contribution in [0.5, 0.6) is 63.8 Å². The molecule has 11 aromatic rings. The monoisotopic (exact) mass is 2070 g/mol. The molecule has 3 unspecified atom stereocenters. The maximum atomic E-state index is 11.7. The largest absolute Gasteiger partial charge is 0.438 e. The molecule has 0 spiro atoms. The van der Waals surface area contributed by atoms with Gasteiger partial charge in [-0.15, -0.1) is 45.9 Å². The van der Waals surface area contributed by atoms with Crippen LogP contribution in [-0.4, -0.2) is 75.8 Å². The molecule has 25 nitrogen and oxygen atoms in total. The molecule has 0 saturated heterocycles. The van der Waals surface area contributed by atoms with E-state index >= 15 is 0 Å². The lowest BCUT2D eigenvalue weighted by molar-refractivity contribution is -0.127. The van der Waals surface area contributed by atoms with E-state index in [1.807, 2.05) is 76.2 Å². The Labute approximate surface area is 820 Å². The number of aromatic amines is 2. The average Bonchev–Trinajstić information content (AvgIpc) is 0.826. The molecule has 7 heterocycles. The van der Waals surface area contributed by atoms with Crippen LogP contribution in [0.1, 0.15) is 97.9 Å². The standard InChI is InChI=1S/C14H16Cl2N2O2.2C14H14Cl2N2O2.C11H9Cl3N2O.2C11H7Cl3N2O.C11H8Cl2N2O2/c3*1-7(2)9-6-12(17-18-14(9)19)20-13-10(15)4-8(3)5-11(13)16;3*1-6-4-7(12)11(8(13)5-6)17-10-3-2-9(14)15-16-10;1-6-4-7(12)11(8(13)5-6)17-10-3-2-9(16)14-15-10/h4-5,7,9H,6H2,1-3H3,(H,18,19);4-7H,1-3H3,(H,18,19);4-5,9H,1,6H2,2-3H3,(H,18,19);2-5,9,15H,1H3;2*2-5H,1H3;2-5H,1H3,(H,14,16). The maximum Gasteiger partial charge on any atom is 0.267 e. The van der Waals surface area contributed by atoms with Gasteiger partial charge in [0.15, 0.2) is 50.6 Å². The first kappa shape index (κ1) is 105. The molecule has 5 N–H and O–H groups in total. The van der Waals surface area contributed by atoms with Crippen molar-refractivity contribution in [2.24, 2.45) is 33.1 Å². The minimum absolute atomic E-state index is 0.0630. The molecule has 7 aromatic carbocycles. The van der Waals surface area contributed by atoms with Gasteiger partial charge < -0.3 is 33.2 Å². The Kier molecular flexibility index (Phi) is 40.4. The Bertz CT molecular complexity index is 5850. The number of ether oxygens (including phenoxy) is 7. The summed E-state index contributed by atoms with van der Waals surface area (Å²) in [5.74, 6) is 4.08. The predicted molar refractivity (Wildman–Crippen MR) is 515 cm³/mol. The fourth-order valence-electron chi connectivity index (χ4n) is 10.8. The first-order valence-electron chi connectivity index (χ1n) is 37.5. The fourth-order valence-corrected chi connectivity index (χ4v) is 15.8. The molecular formula is C86H75Cl17N14O11. The van der Waals surface area contributed by atoms with Crippen LogP contribution in [0, 0.1) is 66.2 Å². The summed E-state index contributed by atoms with van der Waals surface area (Å²) in [4.78, 5) is 45.8. The number of rotatable bonds is 14. The van der Waals surface area contributed by atoms with Crippen molar-refractivity contribution in [2.75, 3.05) is 0 Å². The molecule has 0 aliphatic carbocycles. The number of hydrogen-bond donors (Lipinski definition) is 5. The third-order valence-electron chi connectivity index (χ3n) is 16.9. The second-order valence-corrected chi connectivity index (χ2v) is 35.3. The molecule has 0 bridgehead atoms. The van der Waals surface area contributed by atoms with Crippen molar-refractivity contribution in [3.05, 3.63) is 298 Å². The molecule has 3 aliphatic heterocycles. The Morgan fingerprint density at radius 2 is 0.703 bits per heavy atom. The number of hydrogen-bond acceptors (Lipinski definition) is 21. The first-order chi connectivity index (χ1) is 60.4. The minimum atomic E-state index is -0.356. The SMILES string of the molecule is C=C(C)C1CC(Oc2c(Cl)cc(C)cc2Cl)=NNC1=O.Cc1cc(Cl)c(OC2=NNC(=O)C(C(C)C)C2)c(Cl)c1.Cc1cc(Cl)c(OC2=NNC(Cl)C=C2)c(Cl)c1.Cc1cc(Cl)c(Oc2cc(C(C)C)c(=O)[nH]n2)c(Cl)c1.Cc1cc(Cl)c(Oc2ccc(=O)[nH]n2)c(Cl)c1.Cc1cc(Cl)c(Oc2ccc(Cl)nn2)c(Cl)c1.Cc1cc(Cl)c(Oc2ccc(Cl)nn2)c(Cl)c1. The highest BCUT2D eigenvalue weighted by Crippen LogP contribution is 2.43. The molecule has 3 atom stereocenters. The summed E-state index contributed by atoms with van der Waals surface area (Å²) in [5, 5.41) is 45.1. The van der Waals surface area contributed by atoms with Crippen LogP contribution in [-0.2, 0) is 9.59 Å². The topological polar surface area (TPSA) is 315 Å². The number of nitrogens with one attached hydrogen (secondary N) is 5. The summed E-state index contributed by atoms with van der Waals surface area (Å²) < 4.78 is 38.7. The van der Waals surface area contributed by atoms with E-state index in [2.05, 4.69) is 78.9 Å². The Morgan fingerprint density at radius 1 is 0.383 bits per heavy atom. The average molecular weight is 2080 g/mol. The number of carbonyl (C=O) groups excluding carboxylic acids is 2. The highest BCUT2D eigenvalue weighted by atomic mass is 35.5. The summed E-state index contributed by atoms with van der Waals surface area (Å²) >= 11 is 102. The van der Waals surface area contributed by atoms with Gasteiger partial charge in [0.2, 0.25) is 53.0 Å². The van der Waals surface area contributed by atoms with Gasteiger partial charge in [0, 0.05) is 54.8 Å². The first-order valence-corrected chi connectivity index (χ1v) is 44.0. The molecule has 674 valence electrons. The predicted octanol–water partition coefficient (Wildman–Crippen LogP) is 27.8. The lowest BCUT2D eigenvalue weighted by atomic mass is 9.91. The number of amides is 2. The molecule has 0 radical (unpaired) electrons. The lowest BCUT2D eigenvalue weighted by Crippen LogP contribution is -2.38. The molecule has 42 heteroatoms. The maximum absolute atomic E-state index is 11.7. The normalized spacial score (nSPS) is 14.1. The van der Waals surface area contributed by atoms with Crippen LogP contribution in [0.4, 0.5) is 0 Å². The molecule has 0 saturated carbocycles. The number of hydrazone groups is 3. The summed E-state index contributed by atoms with van der Waals surface area (Å²) in [6.45, 7) is 26.6. The molecule has 2 amide bonds. The van der Waals surface area contributed by atoms with E-state index in [1.54, 1.807) is 134 Å². The molecule has 128 heavy (non-hydrogen) atoms. The van der Waals surface area contributed by atoms with Gasteiger partial charge in [0.25, 0.3) is 11.1 Å². The van der Waals surface area contributed by atoms with Crippen LogP contribution in [0.15, 0.2) is 177 Å². The van der Waals surface area contributed by atoms with Crippen molar-refractivity contribution in [2.45, 2.75) is 107 Å². The van der Waals surface area contributed by atoms with Gasteiger partial charge in [-0.25, -0.2) is 21.0 Å². The van der Waals surface area contributed by atoms with Crippen molar-refractivity contribution in [3.8, 4) is 63.8 Å². The van der Waals surface area contributed by atoms with Crippen LogP contribution in [0.3, 0.4) is 0 Å². The van der Waals surface area contributed by atoms with E-state index in [0.29, 0.717) is 157 Å². The number of carbonyl (C=O) groups is 2. The van der Waals surface area contributed by atoms with E-state index in [0.717, 1.165) is 44.5 Å². The molecule has 4 aromatic heterocycles. The van der Waals surface area contributed by atoms with Crippen LogP contribution >= 0.6 is 197 Å². The lowest BCUT2D eigenvalue weighted by Gasteiger charge is -2.24. The van der Waals surface area contributed by atoms with Gasteiger partial charge in [-0.05, 0) is 209 Å². The van der Waals surface area contributed by atoms with Gasteiger partial charge in [-0.2, -0.15) is 0 Å². The van der Waals surface area contributed by atoms with Crippen molar-refractivity contribution in [3.63, 3.8) is 0 Å². The molecule has 3 aliphatic rings. The third-order valence-corrected chi connectivity index (χ3v) is 21.5. The van der Waals surface area contributed by atoms with Crippen molar-refractivity contribution in [1.29, 1.82) is 0 Å². The van der Waals surface area contributed by atoms with Gasteiger partial charge in [0.1, 0.15) is 5.50 Å². The number of aryl methyl sites for hydroxylation is 7. The van der Waals surface area contributed by atoms with Crippen LogP contribution < -0.4 is 60.6 Å². The molecule has 0 fully saturated rings. The number of nitrogens with zero attached hydrogens (tertiary/aromatic N) is 9. The zero-order chi connectivity index (χ0) is 94.2. The van der Waals surface area contributed by atoms with Gasteiger partial charge in [-0.1, -0.05) is 237 Å². The molecule has 14 rings (SSSR count). The van der Waals surface area contributed by atoms with Crippen molar-refractivity contribution < 1.29 is 42.7 Å². The number of alkyl halides is 1. The van der Waals surface area contributed by atoms with Crippen molar-refractivity contribution >= 4 is 227 Å². The van der Waals surface area contributed by atoms with E-state index in [-0.39, 0.29) is 75.6 Å². The fraction of sp³-hybridized carbons (Fsp3) is 0.221. The quantitative estimate of drug-likeness (QED) is 0.0384. The number of benzene rings is 7.